The molecule has 0 saturated carbocycles. The molecule has 1 unspecified atom stereocenters. The fourth-order valence-corrected chi connectivity index (χ4v) is 3.15. The zero-order chi connectivity index (χ0) is 17.5. The fraction of sp³-hybridized carbons (Fsp3) is 0.765. The number of aromatic amines is 1. The smallest absolute Gasteiger partial charge is 0.317 e. The Bertz CT molecular complexity index is 506. The van der Waals surface area contributed by atoms with Crippen molar-refractivity contribution in [3.05, 3.63) is 17.0 Å². The van der Waals surface area contributed by atoms with E-state index in [9.17, 15) is 4.79 Å². The highest BCUT2D eigenvalue weighted by Gasteiger charge is 2.20. The summed E-state index contributed by atoms with van der Waals surface area (Å²) < 4.78 is 5.37. The van der Waals surface area contributed by atoms with E-state index < -0.39 is 0 Å². The number of aromatic nitrogens is 2. The largest absolute Gasteiger partial charge is 0.379 e. The summed E-state index contributed by atoms with van der Waals surface area (Å²) in [4.78, 5) is 16.4. The van der Waals surface area contributed by atoms with Crippen LogP contribution in [-0.2, 0) is 11.2 Å². The van der Waals surface area contributed by atoms with Crippen molar-refractivity contribution in [1.82, 2.24) is 25.3 Å². The quantitative estimate of drug-likeness (QED) is 0.736. The highest BCUT2D eigenvalue weighted by Crippen LogP contribution is 2.11. The number of nitrogens with zero attached hydrogens (tertiary/aromatic N) is 3. The molecule has 0 spiro atoms. The number of nitrogens with one attached hydrogen (secondary N) is 2. The summed E-state index contributed by atoms with van der Waals surface area (Å²) in [5.74, 6) is 0. The average Bonchev–Trinajstić information content (AvgIpc) is 2.90. The van der Waals surface area contributed by atoms with E-state index >= 15 is 0 Å². The number of hydrogen-bond donors (Lipinski definition) is 2. The van der Waals surface area contributed by atoms with Gasteiger partial charge in [0.15, 0.2) is 0 Å². The van der Waals surface area contributed by atoms with Gasteiger partial charge < -0.3 is 15.0 Å². The van der Waals surface area contributed by atoms with Crippen LogP contribution in [0.4, 0.5) is 4.79 Å². The third-order valence-electron chi connectivity index (χ3n) is 4.71. The highest BCUT2D eigenvalue weighted by atomic mass is 16.5. The van der Waals surface area contributed by atoms with Gasteiger partial charge in [-0.05, 0) is 39.2 Å². The Kier molecular flexibility index (Phi) is 7.05. The molecule has 1 atom stereocenters. The van der Waals surface area contributed by atoms with E-state index in [4.69, 9.17) is 4.74 Å². The van der Waals surface area contributed by atoms with Crippen molar-refractivity contribution < 1.29 is 9.53 Å². The minimum atomic E-state index is -0.00394. The van der Waals surface area contributed by atoms with Crippen LogP contribution in [0.1, 0.15) is 30.3 Å². The molecule has 2 rings (SSSR count). The molecule has 136 valence electrons. The fourth-order valence-electron chi connectivity index (χ4n) is 3.15. The molecule has 1 saturated heterocycles. The second-order valence-electron chi connectivity index (χ2n) is 6.63. The van der Waals surface area contributed by atoms with Crippen LogP contribution < -0.4 is 5.32 Å². The van der Waals surface area contributed by atoms with Gasteiger partial charge in [-0.15, -0.1) is 0 Å². The van der Waals surface area contributed by atoms with E-state index in [1.165, 1.54) is 5.56 Å². The van der Waals surface area contributed by atoms with Crippen LogP contribution in [0.2, 0.25) is 0 Å². The van der Waals surface area contributed by atoms with Gasteiger partial charge in [-0.3, -0.25) is 10.00 Å². The number of rotatable bonds is 7. The van der Waals surface area contributed by atoms with Crippen LogP contribution in [0.15, 0.2) is 0 Å². The summed E-state index contributed by atoms with van der Waals surface area (Å²) >= 11 is 0. The van der Waals surface area contributed by atoms with Gasteiger partial charge in [-0.2, -0.15) is 5.10 Å². The van der Waals surface area contributed by atoms with Gasteiger partial charge in [0, 0.05) is 45.0 Å². The Morgan fingerprint density at radius 2 is 2.12 bits per heavy atom. The highest BCUT2D eigenvalue weighted by molar-refractivity contribution is 5.73. The van der Waals surface area contributed by atoms with Gasteiger partial charge in [0.25, 0.3) is 0 Å². The van der Waals surface area contributed by atoms with Crippen molar-refractivity contribution in [2.24, 2.45) is 0 Å². The molecule has 2 heterocycles. The van der Waals surface area contributed by atoms with E-state index in [2.05, 4.69) is 27.3 Å². The van der Waals surface area contributed by atoms with Gasteiger partial charge in [0.1, 0.15) is 0 Å². The van der Waals surface area contributed by atoms with Gasteiger partial charge in [0.05, 0.1) is 18.9 Å². The third-order valence-corrected chi connectivity index (χ3v) is 4.71. The van der Waals surface area contributed by atoms with Crippen LogP contribution >= 0.6 is 0 Å². The lowest BCUT2D eigenvalue weighted by atomic mass is 10.1. The van der Waals surface area contributed by atoms with Crippen LogP contribution in [0.5, 0.6) is 0 Å². The first-order valence-corrected chi connectivity index (χ1v) is 8.80. The second kappa shape index (κ2) is 9.03. The molecule has 1 aliphatic rings. The third kappa shape index (κ3) is 5.21. The summed E-state index contributed by atoms with van der Waals surface area (Å²) in [7, 11) is 1.86. The van der Waals surface area contributed by atoms with E-state index in [0.717, 1.165) is 57.1 Å². The molecule has 1 aromatic rings. The number of ether oxygens (including phenoxy) is 1. The first-order valence-electron chi connectivity index (χ1n) is 8.80. The van der Waals surface area contributed by atoms with Crippen LogP contribution in [0.25, 0.3) is 0 Å². The molecule has 7 heteroatoms. The second-order valence-corrected chi connectivity index (χ2v) is 6.63. The zero-order valence-electron chi connectivity index (χ0n) is 15.4. The van der Waals surface area contributed by atoms with E-state index in [-0.39, 0.29) is 6.03 Å². The molecule has 0 radical (unpaired) electrons. The molecule has 1 fully saturated rings. The maximum atomic E-state index is 12.2. The normalized spacial score (nSPS) is 16.8. The summed E-state index contributed by atoms with van der Waals surface area (Å²) in [5.41, 5.74) is 3.43. The maximum Gasteiger partial charge on any atom is 0.317 e. The van der Waals surface area contributed by atoms with E-state index in [1.54, 1.807) is 4.90 Å². The molecule has 1 aliphatic heterocycles. The van der Waals surface area contributed by atoms with Gasteiger partial charge >= 0.3 is 6.03 Å². The Balaban J connectivity index is 1.66. The summed E-state index contributed by atoms with van der Waals surface area (Å²) in [6.45, 7) is 11.1. The molecule has 24 heavy (non-hydrogen) atoms. The lowest BCUT2D eigenvalue weighted by Gasteiger charge is -2.34. The van der Waals surface area contributed by atoms with Crippen LogP contribution in [0, 0.1) is 13.8 Å². The first kappa shape index (κ1) is 18.7. The summed E-state index contributed by atoms with van der Waals surface area (Å²) in [6.07, 6.45) is 1.85. The lowest BCUT2D eigenvalue weighted by Crippen LogP contribution is -2.49. The van der Waals surface area contributed by atoms with Crippen molar-refractivity contribution in [1.29, 1.82) is 0 Å². The van der Waals surface area contributed by atoms with Crippen molar-refractivity contribution >= 4 is 6.03 Å². The van der Waals surface area contributed by atoms with Gasteiger partial charge in [-0.25, -0.2) is 4.79 Å². The Morgan fingerprint density at radius 3 is 2.75 bits per heavy atom. The lowest BCUT2D eigenvalue weighted by molar-refractivity contribution is 0.0161. The zero-order valence-corrected chi connectivity index (χ0v) is 15.4. The molecule has 1 aromatic heterocycles. The van der Waals surface area contributed by atoms with Crippen LogP contribution in [0.3, 0.4) is 0 Å². The number of amides is 2. The number of aryl methyl sites for hydroxylation is 2. The number of H-pyrrole nitrogens is 1. The van der Waals surface area contributed by atoms with Gasteiger partial charge in [-0.1, -0.05) is 0 Å². The molecule has 0 aliphatic carbocycles. The van der Waals surface area contributed by atoms with Crippen molar-refractivity contribution in [3.8, 4) is 0 Å². The molecular formula is C17H31N5O2. The first-order chi connectivity index (χ1) is 11.5. The van der Waals surface area contributed by atoms with Crippen LogP contribution in [-0.4, -0.2) is 78.5 Å². The number of likely N-dealkylation sites (N-methyl/N-ethyl adjacent to an activating group) is 1. The Hall–Kier alpha value is -1.60. The molecule has 0 bridgehead atoms. The monoisotopic (exact) mass is 337 g/mol. The minimum Gasteiger partial charge on any atom is -0.379 e. The van der Waals surface area contributed by atoms with Crippen molar-refractivity contribution in [2.75, 3.05) is 46.4 Å². The topological polar surface area (TPSA) is 73.5 Å². The Morgan fingerprint density at radius 1 is 1.42 bits per heavy atom. The summed E-state index contributed by atoms with van der Waals surface area (Å²) in [6, 6.07) is 0.344. The average molecular weight is 337 g/mol. The van der Waals surface area contributed by atoms with Crippen molar-refractivity contribution in [2.45, 2.75) is 39.7 Å². The van der Waals surface area contributed by atoms with E-state index in [1.807, 2.05) is 20.9 Å². The van der Waals surface area contributed by atoms with Gasteiger partial charge in [0.2, 0.25) is 0 Å². The SMILES string of the molecule is Cc1n[nH]c(C)c1CCCNC(=O)N(C)CC(C)N1CCOCC1. The molecule has 7 nitrogen and oxygen atoms in total. The number of carbonyl (C=O) groups is 1. The number of urea groups is 1. The predicted octanol–water partition coefficient (Wildman–Crippen LogP) is 1.32. The molecule has 0 aromatic carbocycles. The number of hydrogen-bond acceptors (Lipinski definition) is 4. The number of morpholine rings is 1. The minimum absolute atomic E-state index is 0.00394. The standard InChI is InChI=1S/C17H31N5O2/c1-13(22-8-10-24-11-9-22)12-21(4)17(23)18-7-5-6-16-14(2)19-20-15(16)3/h13H,5-12H2,1-4H3,(H,18,23)(H,19,20). The maximum absolute atomic E-state index is 12.2. The van der Waals surface area contributed by atoms with Crippen molar-refractivity contribution in [3.63, 3.8) is 0 Å². The number of carbonyl (C=O) groups excluding carboxylic acids is 1. The molecule has 2 amide bonds. The Labute approximate surface area is 144 Å². The predicted molar refractivity (Wildman–Crippen MR) is 94.3 cm³/mol. The summed E-state index contributed by atoms with van der Waals surface area (Å²) in [5, 5.41) is 10.2. The van der Waals surface area contributed by atoms with E-state index in [0.29, 0.717) is 12.6 Å². The molecule has 2 N–H and O–H groups in total. The molecular weight excluding hydrogens is 306 g/mol.